The van der Waals surface area contributed by atoms with E-state index in [0.717, 1.165) is 31.5 Å². The molecule has 2 N–H and O–H groups in total. The van der Waals surface area contributed by atoms with Crippen LogP contribution in [0.15, 0.2) is 18.3 Å². The number of nitrogens with zero attached hydrogens (tertiary/aromatic N) is 1. The molecule has 0 bridgehead atoms. The quantitative estimate of drug-likeness (QED) is 0.690. The van der Waals surface area contributed by atoms with Gasteiger partial charge < -0.3 is 10.4 Å². The van der Waals surface area contributed by atoms with Crippen molar-refractivity contribution in [2.45, 2.75) is 18.4 Å². The van der Waals surface area contributed by atoms with Crippen molar-refractivity contribution in [2.24, 2.45) is 0 Å². The molecule has 0 aromatic carbocycles. The van der Waals surface area contributed by atoms with E-state index < -0.39 is 5.60 Å². The van der Waals surface area contributed by atoms with Crippen LogP contribution in [-0.4, -0.2) is 23.2 Å². The number of aromatic nitrogens is 1. The largest absolute Gasteiger partial charge is 0.385 e. The zero-order chi connectivity index (χ0) is 10.0. The minimum absolute atomic E-state index is 0.439. The highest BCUT2D eigenvalue weighted by molar-refractivity contribution is 6.29. The number of hydrogen-bond donors (Lipinski definition) is 2. The maximum atomic E-state index is 10.3. The number of halogens is 1. The summed E-state index contributed by atoms with van der Waals surface area (Å²) in [5.74, 6) is 0. The van der Waals surface area contributed by atoms with Gasteiger partial charge >= 0.3 is 0 Å². The molecule has 1 saturated heterocycles. The van der Waals surface area contributed by atoms with Crippen LogP contribution in [0.5, 0.6) is 0 Å². The molecule has 0 spiro atoms. The van der Waals surface area contributed by atoms with Crippen LogP contribution in [0.3, 0.4) is 0 Å². The van der Waals surface area contributed by atoms with Gasteiger partial charge in [-0.05, 0) is 43.6 Å². The summed E-state index contributed by atoms with van der Waals surface area (Å²) in [7, 11) is 0. The van der Waals surface area contributed by atoms with Crippen LogP contribution in [0.2, 0.25) is 5.15 Å². The molecule has 4 heteroatoms. The van der Waals surface area contributed by atoms with E-state index in [-0.39, 0.29) is 0 Å². The van der Waals surface area contributed by atoms with Gasteiger partial charge in [-0.1, -0.05) is 11.6 Å². The molecular weight excluding hydrogens is 200 g/mol. The normalized spacial score (nSPS) is 20.7. The molecule has 2 heterocycles. The van der Waals surface area contributed by atoms with Gasteiger partial charge in [0.15, 0.2) is 0 Å². The highest BCUT2D eigenvalue weighted by atomic mass is 35.5. The molecule has 0 unspecified atom stereocenters. The zero-order valence-electron chi connectivity index (χ0n) is 7.83. The number of aliphatic hydroxyl groups is 1. The SMILES string of the molecule is OC1(c2ccnc(Cl)c2)CCNCC1. The third-order valence-electron chi connectivity index (χ3n) is 2.69. The Bertz CT molecular complexity index is 324. The lowest BCUT2D eigenvalue weighted by Gasteiger charge is -2.32. The van der Waals surface area contributed by atoms with Crippen LogP contribution in [0.4, 0.5) is 0 Å². The molecule has 14 heavy (non-hydrogen) atoms. The van der Waals surface area contributed by atoms with E-state index in [2.05, 4.69) is 10.3 Å². The summed E-state index contributed by atoms with van der Waals surface area (Å²) < 4.78 is 0. The molecular formula is C10H13ClN2O. The first-order valence-corrected chi connectivity index (χ1v) is 5.14. The van der Waals surface area contributed by atoms with E-state index in [1.165, 1.54) is 0 Å². The maximum Gasteiger partial charge on any atom is 0.129 e. The lowest BCUT2D eigenvalue weighted by Crippen LogP contribution is -2.39. The van der Waals surface area contributed by atoms with E-state index in [9.17, 15) is 5.11 Å². The molecule has 0 saturated carbocycles. The molecule has 0 radical (unpaired) electrons. The molecule has 0 amide bonds. The minimum atomic E-state index is -0.724. The summed E-state index contributed by atoms with van der Waals surface area (Å²) in [5, 5.41) is 14.0. The second kappa shape index (κ2) is 3.85. The summed E-state index contributed by atoms with van der Waals surface area (Å²) in [5.41, 5.74) is 0.150. The van der Waals surface area contributed by atoms with E-state index in [0.29, 0.717) is 5.15 Å². The van der Waals surface area contributed by atoms with Gasteiger partial charge in [0.05, 0.1) is 5.60 Å². The third kappa shape index (κ3) is 1.90. The van der Waals surface area contributed by atoms with Gasteiger partial charge in [-0.3, -0.25) is 0 Å². The van der Waals surface area contributed by atoms with Crippen molar-refractivity contribution in [3.05, 3.63) is 29.0 Å². The molecule has 2 rings (SSSR count). The Balaban J connectivity index is 2.28. The molecule has 1 aromatic rings. The van der Waals surface area contributed by atoms with Crippen molar-refractivity contribution < 1.29 is 5.11 Å². The van der Waals surface area contributed by atoms with Crippen molar-refractivity contribution in [1.82, 2.24) is 10.3 Å². The topological polar surface area (TPSA) is 45.2 Å². The smallest absolute Gasteiger partial charge is 0.129 e. The lowest BCUT2D eigenvalue weighted by atomic mass is 9.86. The number of pyridine rings is 1. The third-order valence-corrected chi connectivity index (χ3v) is 2.90. The number of rotatable bonds is 1. The van der Waals surface area contributed by atoms with Crippen LogP contribution in [0.1, 0.15) is 18.4 Å². The van der Waals surface area contributed by atoms with Gasteiger partial charge in [0.2, 0.25) is 0 Å². The molecule has 3 nitrogen and oxygen atoms in total. The fourth-order valence-corrected chi connectivity index (χ4v) is 1.99. The van der Waals surface area contributed by atoms with Crippen molar-refractivity contribution in [3.63, 3.8) is 0 Å². The molecule has 1 aliphatic rings. The Morgan fingerprint density at radius 2 is 2.14 bits per heavy atom. The first kappa shape index (κ1) is 9.90. The monoisotopic (exact) mass is 212 g/mol. The number of hydrogen-bond acceptors (Lipinski definition) is 3. The van der Waals surface area contributed by atoms with Crippen molar-refractivity contribution >= 4 is 11.6 Å². The van der Waals surface area contributed by atoms with Crippen LogP contribution >= 0.6 is 11.6 Å². The molecule has 1 aromatic heterocycles. The van der Waals surface area contributed by atoms with E-state index in [1.807, 2.05) is 6.07 Å². The fraction of sp³-hybridized carbons (Fsp3) is 0.500. The average Bonchev–Trinajstić information content (AvgIpc) is 2.19. The Morgan fingerprint density at radius 1 is 1.43 bits per heavy atom. The maximum absolute atomic E-state index is 10.3. The van der Waals surface area contributed by atoms with Crippen LogP contribution in [0.25, 0.3) is 0 Å². The van der Waals surface area contributed by atoms with Crippen LogP contribution in [0, 0.1) is 0 Å². The van der Waals surface area contributed by atoms with E-state index in [1.54, 1.807) is 12.3 Å². The zero-order valence-corrected chi connectivity index (χ0v) is 8.59. The van der Waals surface area contributed by atoms with Gasteiger partial charge in [0, 0.05) is 6.20 Å². The Morgan fingerprint density at radius 3 is 2.79 bits per heavy atom. The van der Waals surface area contributed by atoms with Gasteiger partial charge in [0.25, 0.3) is 0 Å². The molecule has 0 aliphatic carbocycles. The van der Waals surface area contributed by atoms with Crippen LogP contribution in [-0.2, 0) is 5.60 Å². The number of piperidine rings is 1. The van der Waals surface area contributed by atoms with E-state index >= 15 is 0 Å². The molecule has 1 aliphatic heterocycles. The summed E-state index contributed by atoms with van der Waals surface area (Å²) in [4.78, 5) is 3.90. The predicted molar refractivity (Wildman–Crippen MR) is 55.2 cm³/mol. The lowest BCUT2D eigenvalue weighted by molar-refractivity contribution is 0.00587. The van der Waals surface area contributed by atoms with Crippen LogP contribution < -0.4 is 5.32 Å². The summed E-state index contributed by atoms with van der Waals surface area (Å²) >= 11 is 5.79. The van der Waals surface area contributed by atoms with Gasteiger partial charge in [-0.2, -0.15) is 0 Å². The Kier molecular flexibility index (Phi) is 2.72. The van der Waals surface area contributed by atoms with Crippen molar-refractivity contribution in [1.29, 1.82) is 0 Å². The second-order valence-electron chi connectivity index (χ2n) is 3.65. The minimum Gasteiger partial charge on any atom is -0.385 e. The predicted octanol–water partition coefficient (Wildman–Crippen LogP) is 1.31. The van der Waals surface area contributed by atoms with Gasteiger partial charge in [-0.25, -0.2) is 4.98 Å². The Labute approximate surface area is 88.1 Å². The number of nitrogens with one attached hydrogen (secondary N) is 1. The summed E-state index contributed by atoms with van der Waals surface area (Å²) in [6.07, 6.45) is 3.10. The first-order valence-electron chi connectivity index (χ1n) is 4.76. The highest BCUT2D eigenvalue weighted by Crippen LogP contribution is 2.30. The first-order chi connectivity index (χ1) is 6.71. The van der Waals surface area contributed by atoms with Crippen molar-refractivity contribution in [2.75, 3.05) is 13.1 Å². The fourth-order valence-electron chi connectivity index (χ4n) is 1.82. The Hall–Kier alpha value is -0.640. The van der Waals surface area contributed by atoms with E-state index in [4.69, 9.17) is 11.6 Å². The second-order valence-corrected chi connectivity index (χ2v) is 4.04. The van der Waals surface area contributed by atoms with Crippen molar-refractivity contribution in [3.8, 4) is 0 Å². The molecule has 1 fully saturated rings. The van der Waals surface area contributed by atoms with Gasteiger partial charge in [-0.15, -0.1) is 0 Å². The summed E-state index contributed by atoms with van der Waals surface area (Å²) in [6, 6.07) is 3.57. The standard InChI is InChI=1S/C10H13ClN2O/c11-9-7-8(1-4-13-9)10(14)2-5-12-6-3-10/h1,4,7,12,14H,2-3,5-6H2. The highest BCUT2D eigenvalue weighted by Gasteiger charge is 2.31. The molecule has 76 valence electrons. The molecule has 0 atom stereocenters. The average molecular weight is 213 g/mol. The summed E-state index contributed by atoms with van der Waals surface area (Å²) in [6.45, 7) is 1.69. The van der Waals surface area contributed by atoms with Gasteiger partial charge in [0.1, 0.15) is 5.15 Å².